The molecule has 46 heavy (non-hydrogen) atoms. The van der Waals surface area contributed by atoms with Crippen molar-refractivity contribution in [2.75, 3.05) is 24.1 Å². The van der Waals surface area contributed by atoms with Gasteiger partial charge in [-0.15, -0.1) is 34.7 Å². The van der Waals surface area contributed by atoms with Crippen molar-refractivity contribution in [3.8, 4) is 0 Å². The number of rotatable bonds is 11. The van der Waals surface area contributed by atoms with Crippen molar-refractivity contribution in [3.63, 3.8) is 0 Å². The summed E-state index contributed by atoms with van der Waals surface area (Å²) >= 11 is 8.56. The van der Waals surface area contributed by atoms with Gasteiger partial charge in [0.25, 0.3) is 11.8 Å². The Labute approximate surface area is 278 Å². The number of hydrogen-bond acceptors (Lipinski definition) is 9. The molecular formula is C33H28ClN5O5S2. The molecule has 0 radical (unpaired) electrons. The maximum Gasteiger partial charge on any atom is 0.352 e. The van der Waals surface area contributed by atoms with Crippen LogP contribution < -0.4 is 10.6 Å². The van der Waals surface area contributed by atoms with Gasteiger partial charge in [-0.1, -0.05) is 96.2 Å². The van der Waals surface area contributed by atoms with E-state index in [-0.39, 0.29) is 23.0 Å². The first-order chi connectivity index (χ1) is 22.4. The highest BCUT2D eigenvalue weighted by Crippen LogP contribution is 2.42. The van der Waals surface area contributed by atoms with Crippen molar-refractivity contribution >= 4 is 63.3 Å². The standard InChI is InChI=1S/C33H28ClN5O5S2/c1-44-38-25(28(40)36-26-29(41)39-27(31(42)43)20(17-34)18-45-30(26)39)24-19-46-32(35-24)37-33(21-11-5-2-6-12-21,22-13-7-3-8-14-22)23-15-9-4-10-16-23/h2-16,19,26,30H,17-18H2,1H3,(H,35,37)(H,36,40)(H,42,43)/t26?,30-/m0/s1. The summed E-state index contributed by atoms with van der Waals surface area (Å²) in [7, 11) is 1.31. The number of carboxylic acids is 1. The first-order valence-electron chi connectivity index (χ1n) is 14.2. The number of thiazole rings is 1. The minimum absolute atomic E-state index is 0.00684. The molecule has 10 nitrogen and oxygen atoms in total. The second kappa shape index (κ2) is 13.4. The van der Waals surface area contributed by atoms with Crippen LogP contribution >= 0.6 is 34.7 Å². The summed E-state index contributed by atoms with van der Waals surface area (Å²) in [5.41, 5.74) is 2.55. The number of aromatic nitrogens is 1. The number of thioether (sulfide) groups is 1. The number of amides is 2. The topological polar surface area (TPSA) is 133 Å². The Hall–Kier alpha value is -4.65. The third kappa shape index (κ3) is 5.63. The van der Waals surface area contributed by atoms with Gasteiger partial charge in [0, 0.05) is 17.0 Å². The van der Waals surface area contributed by atoms with E-state index < -0.39 is 34.7 Å². The quantitative estimate of drug-likeness (QED) is 0.0675. The second-order valence-corrected chi connectivity index (χ2v) is 12.6. The highest BCUT2D eigenvalue weighted by Gasteiger charge is 2.54. The number of carbonyl (C=O) groups is 3. The lowest BCUT2D eigenvalue weighted by molar-refractivity contribution is -0.150. The van der Waals surface area contributed by atoms with Crippen molar-refractivity contribution < 1.29 is 24.3 Å². The summed E-state index contributed by atoms with van der Waals surface area (Å²) < 4.78 is 0. The molecule has 1 saturated heterocycles. The summed E-state index contributed by atoms with van der Waals surface area (Å²) in [5.74, 6) is -2.13. The van der Waals surface area contributed by atoms with Crippen molar-refractivity contribution in [3.05, 3.63) is 130 Å². The van der Waals surface area contributed by atoms with E-state index >= 15 is 0 Å². The first kappa shape index (κ1) is 31.3. The van der Waals surface area contributed by atoms with Gasteiger partial charge in [0.2, 0.25) is 0 Å². The number of β-lactam (4-membered cyclic amide) rings is 1. The molecule has 0 spiro atoms. The van der Waals surface area contributed by atoms with Gasteiger partial charge < -0.3 is 20.6 Å². The molecule has 2 aliphatic rings. The summed E-state index contributed by atoms with van der Waals surface area (Å²) in [6.07, 6.45) is 0. The third-order valence-electron chi connectivity index (χ3n) is 7.76. The number of benzene rings is 3. The third-order valence-corrected chi connectivity index (χ3v) is 10.2. The van der Waals surface area contributed by atoms with Crippen LogP contribution in [0.15, 0.2) is 113 Å². The maximum absolute atomic E-state index is 13.5. The number of alkyl halides is 1. The Balaban J connectivity index is 1.30. The molecule has 3 aromatic carbocycles. The lowest BCUT2D eigenvalue weighted by Crippen LogP contribution is -2.71. The Kier molecular flexibility index (Phi) is 9.11. The number of hydrogen-bond donors (Lipinski definition) is 3. The highest BCUT2D eigenvalue weighted by molar-refractivity contribution is 8.00. The van der Waals surface area contributed by atoms with Gasteiger partial charge in [-0.25, -0.2) is 9.78 Å². The maximum atomic E-state index is 13.5. The summed E-state index contributed by atoms with van der Waals surface area (Å²) in [5, 5.41) is 21.7. The van der Waals surface area contributed by atoms with E-state index in [1.54, 1.807) is 5.38 Å². The van der Waals surface area contributed by atoms with Crippen molar-refractivity contribution in [1.82, 2.24) is 15.2 Å². The predicted octanol–water partition coefficient (Wildman–Crippen LogP) is 4.88. The van der Waals surface area contributed by atoms with E-state index in [2.05, 4.69) is 52.2 Å². The average Bonchev–Trinajstić information content (AvgIpc) is 3.56. The van der Waals surface area contributed by atoms with Crippen LogP contribution in [0.25, 0.3) is 0 Å². The van der Waals surface area contributed by atoms with Crippen LogP contribution in [0.1, 0.15) is 22.4 Å². The number of halogens is 1. The summed E-state index contributed by atoms with van der Waals surface area (Å²) in [6, 6.07) is 29.1. The van der Waals surface area contributed by atoms with E-state index in [1.165, 1.54) is 35.1 Å². The zero-order valence-electron chi connectivity index (χ0n) is 24.4. The fourth-order valence-electron chi connectivity index (χ4n) is 5.67. The molecule has 13 heteroatoms. The molecule has 2 atom stereocenters. The van der Waals surface area contributed by atoms with E-state index in [1.807, 2.05) is 54.6 Å². The van der Waals surface area contributed by atoms with E-state index in [0.717, 1.165) is 16.7 Å². The van der Waals surface area contributed by atoms with E-state index in [0.29, 0.717) is 16.5 Å². The Morgan fingerprint density at radius 2 is 1.59 bits per heavy atom. The molecule has 3 heterocycles. The number of aliphatic carboxylic acids is 1. The SMILES string of the molecule is CON=C(C(=O)NC1C(=O)N2C(C(=O)O)=C(CCl)CS[C@@H]12)c1csc(NC(c2ccccc2)(c2ccccc2)c2ccccc2)n1. The molecule has 1 aromatic heterocycles. The lowest BCUT2D eigenvalue weighted by Gasteiger charge is -2.49. The molecule has 1 unspecified atom stereocenters. The van der Waals surface area contributed by atoms with Gasteiger partial charge >= 0.3 is 5.97 Å². The van der Waals surface area contributed by atoms with E-state index in [9.17, 15) is 19.5 Å². The average molecular weight is 674 g/mol. The fraction of sp³-hybridized carbons (Fsp3) is 0.182. The minimum Gasteiger partial charge on any atom is -0.477 e. The van der Waals surface area contributed by atoms with Gasteiger partial charge in [0.1, 0.15) is 35.5 Å². The fourth-order valence-corrected chi connectivity index (χ4v) is 8.10. The van der Waals surface area contributed by atoms with Gasteiger partial charge in [0.05, 0.1) is 0 Å². The summed E-state index contributed by atoms with van der Waals surface area (Å²) in [4.78, 5) is 49.4. The molecule has 1 fully saturated rings. The molecular weight excluding hydrogens is 646 g/mol. The zero-order chi connectivity index (χ0) is 32.3. The first-order valence-corrected chi connectivity index (χ1v) is 16.6. The molecule has 2 amide bonds. The number of nitrogens with zero attached hydrogens (tertiary/aromatic N) is 3. The second-order valence-electron chi connectivity index (χ2n) is 10.4. The smallest absolute Gasteiger partial charge is 0.352 e. The van der Waals surface area contributed by atoms with Gasteiger partial charge in [-0.3, -0.25) is 14.5 Å². The lowest BCUT2D eigenvalue weighted by atomic mass is 9.77. The van der Waals surface area contributed by atoms with Crippen molar-refractivity contribution in [2.45, 2.75) is 17.0 Å². The van der Waals surface area contributed by atoms with Crippen LogP contribution in [0.4, 0.5) is 5.13 Å². The van der Waals surface area contributed by atoms with Gasteiger partial charge in [0.15, 0.2) is 10.8 Å². The molecule has 2 aliphatic heterocycles. The van der Waals surface area contributed by atoms with Crippen LogP contribution in [0.3, 0.4) is 0 Å². The molecule has 6 rings (SSSR count). The van der Waals surface area contributed by atoms with Crippen LogP contribution in [0, 0.1) is 0 Å². The molecule has 4 aromatic rings. The normalized spacial score (nSPS) is 18.0. The van der Waals surface area contributed by atoms with Crippen LogP contribution in [-0.2, 0) is 24.8 Å². The molecule has 3 N–H and O–H groups in total. The number of nitrogens with one attached hydrogen (secondary N) is 2. The number of fused-ring (bicyclic) bond motifs is 1. The Morgan fingerprint density at radius 1 is 1.02 bits per heavy atom. The highest BCUT2D eigenvalue weighted by atomic mass is 35.5. The number of carbonyl (C=O) groups excluding carboxylic acids is 2. The van der Waals surface area contributed by atoms with Gasteiger partial charge in [-0.05, 0) is 22.3 Å². The van der Waals surface area contributed by atoms with Crippen molar-refractivity contribution in [2.24, 2.45) is 5.16 Å². The zero-order valence-corrected chi connectivity index (χ0v) is 26.8. The molecule has 0 aliphatic carbocycles. The minimum atomic E-state index is -1.24. The largest absolute Gasteiger partial charge is 0.477 e. The molecule has 234 valence electrons. The molecule has 0 saturated carbocycles. The van der Waals surface area contributed by atoms with Gasteiger partial charge in [-0.2, -0.15) is 0 Å². The monoisotopic (exact) mass is 673 g/mol. The number of oxime groups is 1. The van der Waals surface area contributed by atoms with E-state index in [4.69, 9.17) is 21.4 Å². The summed E-state index contributed by atoms with van der Waals surface area (Å²) in [6.45, 7) is 0. The van der Waals surface area contributed by atoms with Crippen LogP contribution in [-0.4, -0.2) is 68.6 Å². The number of anilines is 1. The Morgan fingerprint density at radius 3 is 2.09 bits per heavy atom. The van der Waals surface area contributed by atoms with Crippen LogP contribution in [0.2, 0.25) is 0 Å². The predicted molar refractivity (Wildman–Crippen MR) is 179 cm³/mol. The Bertz CT molecular complexity index is 1720. The number of carboxylic acid groups (broad SMARTS) is 1. The van der Waals surface area contributed by atoms with Crippen LogP contribution in [0.5, 0.6) is 0 Å². The van der Waals surface area contributed by atoms with Crippen molar-refractivity contribution in [1.29, 1.82) is 0 Å². The molecule has 0 bridgehead atoms.